The summed E-state index contributed by atoms with van der Waals surface area (Å²) in [5.74, 6) is -0.678. The van der Waals surface area contributed by atoms with Crippen molar-refractivity contribution in [2.75, 3.05) is 19.7 Å². The van der Waals surface area contributed by atoms with Crippen molar-refractivity contribution in [1.82, 2.24) is 9.96 Å². The molecular formula is C22H36N2O6. The Balaban J connectivity index is 1.95. The minimum Gasteiger partial charge on any atom is -0.396 e. The number of hydrogen-bond acceptors (Lipinski definition) is 6. The summed E-state index contributed by atoms with van der Waals surface area (Å²) in [6.07, 6.45) is 8.72. The van der Waals surface area contributed by atoms with Gasteiger partial charge in [0.15, 0.2) is 5.78 Å². The maximum absolute atomic E-state index is 13.2. The summed E-state index contributed by atoms with van der Waals surface area (Å²) in [6, 6.07) is -0.589. The SMILES string of the molecule is O=CN(O)C[C@@H](CC1CCCC1)C(=O)N1CCC[C@H]1C(=O)CC(=O)CCCCCO. The number of aliphatic hydroxyl groups excluding tert-OH is 1. The fraction of sp³-hybridized carbons (Fsp3) is 0.818. The molecule has 0 radical (unpaired) electrons. The number of unbranched alkanes of at least 4 members (excludes halogenated alkanes) is 2. The van der Waals surface area contributed by atoms with E-state index in [2.05, 4.69) is 0 Å². The number of aliphatic hydroxyl groups is 1. The van der Waals surface area contributed by atoms with Crippen LogP contribution in [-0.2, 0) is 19.2 Å². The first-order valence-corrected chi connectivity index (χ1v) is 11.3. The summed E-state index contributed by atoms with van der Waals surface area (Å²) in [5, 5.41) is 19.0. The zero-order valence-electron chi connectivity index (χ0n) is 17.8. The van der Waals surface area contributed by atoms with Crippen molar-refractivity contribution in [2.24, 2.45) is 11.8 Å². The van der Waals surface area contributed by atoms with E-state index in [9.17, 15) is 24.4 Å². The minimum absolute atomic E-state index is 0.0694. The van der Waals surface area contributed by atoms with E-state index < -0.39 is 12.0 Å². The molecule has 0 bridgehead atoms. The first-order chi connectivity index (χ1) is 14.5. The van der Waals surface area contributed by atoms with Gasteiger partial charge < -0.3 is 10.0 Å². The molecule has 8 heteroatoms. The van der Waals surface area contributed by atoms with E-state index in [4.69, 9.17) is 5.11 Å². The first-order valence-electron chi connectivity index (χ1n) is 11.3. The van der Waals surface area contributed by atoms with Gasteiger partial charge in [-0.05, 0) is 38.0 Å². The van der Waals surface area contributed by atoms with E-state index in [0.29, 0.717) is 62.5 Å². The molecule has 2 rings (SSSR count). The highest BCUT2D eigenvalue weighted by Gasteiger charge is 2.38. The van der Waals surface area contributed by atoms with Gasteiger partial charge in [0.1, 0.15) is 5.78 Å². The average Bonchev–Trinajstić information content (AvgIpc) is 3.42. The lowest BCUT2D eigenvalue weighted by molar-refractivity contribution is -0.158. The van der Waals surface area contributed by atoms with Crippen molar-refractivity contribution in [2.45, 2.75) is 83.1 Å². The molecule has 2 N–H and O–H groups in total. The van der Waals surface area contributed by atoms with Crippen LogP contribution in [0.3, 0.4) is 0 Å². The van der Waals surface area contributed by atoms with Crippen LogP contribution >= 0.6 is 0 Å². The van der Waals surface area contributed by atoms with Crippen LogP contribution in [0, 0.1) is 11.8 Å². The van der Waals surface area contributed by atoms with Crippen LogP contribution in [0.2, 0.25) is 0 Å². The smallest absolute Gasteiger partial charge is 0.233 e. The number of hydrogen-bond donors (Lipinski definition) is 2. The summed E-state index contributed by atoms with van der Waals surface area (Å²) in [7, 11) is 0. The van der Waals surface area contributed by atoms with E-state index in [0.717, 1.165) is 32.1 Å². The van der Waals surface area contributed by atoms with E-state index in [1.165, 1.54) is 0 Å². The highest BCUT2D eigenvalue weighted by molar-refractivity contribution is 6.03. The van der Waals surface area contributed by atoms with Gasteiger partial charge in [0.2, 0.25) is 12.3 Å². The van der Waals surface area contributed by atoms with Gasteiger partial charge in [-0.1, -0.05) is 32.1 Å². The molecule has 2 amide bonds. The van der Waals surface area contributed by atoms with Gasteiger partial charge in [0.05, 0.1) is 24.9 Å². The van der Waals surface area contributed by atoms with Gasteiger partial charge in [0.25, 0.3) is 0 Å². The molecule has 0 aromatic carbocycles. The topological polar surface area (TPSA) is 115 Å². The average molecular weight is 425 g/mol. The molecule has 1 saturated carbocycles. The monoisotopic (exact) mass is 424 g/mol. The number of carbonyl (C=O) groups excluding carboxylic acids is 4. The second-order valence-corrected chi connectivity index (χ2v) is 8.72. The van der Waals surface area contributed by atoms with Gasteiger partial charge in [-0.2, -0.15) is 0 Å². The maximum Gasteiger partial charge on any atom is 0.233 e. The Bertz CT molecular complexity index is 590. The fourth-order valence-corrected chi connectivity index (χ4v) is 4.78. The third kappa shape index (κ3) is 7.47. The molecule has 30 heavy (non-hydrogen) atoms. The van der Waals surface area contributed by atoms with Crippen molar-refractivity contribution < 1.29 is 29.5 Å². The van der Waals surface area contributed by atoms with E-state index in [-0.39, 0.29) is 37.0 Å². The molecule has 0 aromatic rings. The van der Waals surface area contributed by atoms with Crippen molar-refractivity contribution in [3.05, 3.63) is 0 Å². The predicted octanol–water partition coefficient (Wildman–Crippen LogP) is 2.10. The lowest BCUT2D eigenvalue weighted by Crippen LogP contribution is -2.46. The van der Waals surface area contributed by atoms with Crippen LogP contribution in [0.25, 0.3) is 0 Å². The molecule has 0 aromatic heterocycles. The molecule has 170 valence electrons. The number of hydroxylamine groups is 2. The van der Waals surface area contributed by atoms with E-state index >= 15 is 0 Å². The molecule has 0 unspecified atom stereocenters. The molecule has 0 spiro atoms. The van der Waals surface area contributed by atoms with Crippen LogP contribution in [0.5, 0.6) is 0 Å². The molecule has 2 aliphatic rings. The number of nitrogens with zero attached hydrogens (tertiary/aromatic N) is 2. The second kappa shape index (κ2) is 12.8. The Labute approximate surface area is 178 Å². The van der Waals surface area contributed by atoms with Gasteiger partial charge in [-0.3, -0.25) is 24.4 Å². The Morgan fingerprint density at radius 3 is 2.47 bits per heavy atom. The number of ketones is 2. The molecule has 1 heterocycles. The summed E-state index contributed by atoms with van der Waals surface area (Å²) in [5.41, 5.74) is 0. The van der Waals surface area contributed by atoms with Crippen LogP contribution in [0.4, 0.5) is 0 Å². The van der Waals surface area contributed by atoms with Crippen molar-refractivity contribution in [3.8, 4) is 0 Å². The van der Waals surface area contributed by atoms with Crippen LogP contribution in [0.15, 0.2) is 0 Å². The zero-order valence-corrected chi connectivity index (χ0v) is 17.8. The van der Waals surface area contributed by atoms with Crippen LogP contribution in [0.1, 0.15) is 77.0 Å². The normalized spacial score (nSPS) is 20.3. The number of carbonyl (C=O) groups is 4. The van der Waals surface area contributed by atoms with Crippen molar-refractivity contribution >= 4 is 23.9 Å². The fourth-order valence-electron chi connectivity index (χ4n) is 4.78. The highest BCUT2D eigenvalue weighted by atomic mass is 16.5. The lowest BCUT2D eigenvalue weighted by atomic mass is 9.91. The molecule has 1 saturated heterocycles. The van der Waals surface area contributed by atoms with Crippen LogP contribution in [-0.4, -0.2) is 69.9 Å². The molecule has 1 aliphatic heterocycles. The number of rotatable bonds is 14. The summed E-state index contributed by atoms with van der Waals surface area (Å²) in [4.78, 5) is 50.6. The molecule has 1 aliphatic carbocycles. The second-order valence-electron chi connectivity index (χ2n) is 8.72. The quantitative estimate of drug-likeness (QED) is 0.145. The standard InChI is InChI=1S/C22H36N2O6/c25-12-5-1-2-9-19(27)14-21(28)20-10-6-11-24(20)22(29)18(15-23(30)16-26)13-17-7-3-4-8-17/h16-18,20,25,30H,1-15H2/t18-,20+/m1/s1. The summed E-state index contributed by atoms with van der Waals surface area (Å²) in [6.45, 7) is 0.497. The summed E-state index contributed by atoms with van der Waals surface area (Å²) < 4.78 is 0. The largest absolute Gasteiger partial charge is 0.396 e. The van der Waals surface area contributed by atoms with Gasteiger partial charge in [-0.25, -0.2) is 5.06 Å². The van der Waals surface area contributed by atoms with Crippen molar-refractivity contribution in [3.63, 3.8) is 0 Å². The van der Waals surface area contributed by atoms with Gasteiger partial charge >= 0.3 is 0 Å². The van der Waals surface area contributed by atoms with Gasteiger partial charge in [-0.15, -0.1) is 0 Å². The Morgan fingerprint density at radius 1 is 1.07 bits per heavy atom. The van der Waals surface area contributed by atoms with E-state index in [1.807, 2.05) is 0 Å². The number of Topliss-reactive ketones (excluding diaryl/α,β-unsaturated/α-hetero) is 2. The number of amides is 2. The summed E-state index contributed by atoms with van der Waals surface area (Å²) >= 11 is 0. The zero-order chi connectivity index (χ0) is 21.9. The third-order valence-corrected chi connectivity index (χ3v) is 6.36. The maximum atomic E-state index is 13.2. The Kier molecular flexibility index (Phi) is 10.4. The molecule has 8 nitrogen and oxygen atoms in total. The Hall–Kier alpha value is -1.80. The Morgan fingerprint density at radius 2 is 1.80 bits per heavy atom. The number of likely N-dealkylation sites (tertiary alicyclic amines) is 1. The van der Waals surface area contributed by atoms with Gasteiger partial charge in [0, 0.05) is 19.6 Å². The predicted molar refractivity (Wildman–Crippen MR) is 110 cm³/mol. The first kappa shape index (κ1) is 24.5. The molecule has 2 fully saturated rings. The van der Waals surface area contributed by atoms with E-state index in [1.54, 1.807) is 4.90 Å². The lowest BCUT2D eigenvalue weighted by Gasteiger charge is -2.30. The van der Waals surface area contributed by atoms with Crippen LogP contribution < -0.4 is 0 Å². The third-order valence-electron chi connectivity index (χ3n) is 6.36. The molecular weight excluding hydrogens is 388 g/mol. The minimum atomic E-state index is -0.589. The molecule has 2 atom stereocenters. The van der Waals surface area contributed by atoms with Crippen molar-refractivity contribution in [1.29, 1.82) is 0 Å². The highest BCUT2D eigenvalue weighted by Crippen LogP contribution is 2.32.